The molecule has 0 aliphatic carbocycles. The van der Waals surface area contributed by atoms with Crippen LogP contribution in [-0.4, -0.2) is 23.7 Å². The number of para-hydroxylation sites is 1. The van der Waals surface area contributed by atoms with Gasteiger partial charge in [-0.25, -0.2) is 0 Å². The summed E-state index contributed by atoms with van der Waals surface area (Å²) in [5.74, 6) is -0.646. The maximum absolute atomic E-state index is 11.9. The first-order valence-corrected chi connectivity index (χ1v) is 6.12. The van der Waals surface area contributed by atoms with Gasteiger partial charge < -0.3 is 10.1 Å². The largest absolute Gasteiger partial charge is 0.426 e. The highest BCUT2D eigenvalue weighted by atomic mass is 35.5. The third-order valence-corrected chi connectivity index (χ3v) is 2.41. The lowest BCUT2D eigenvalue weighted by Gasteiger charge is -2.09. The lowest BCUT2D eigenvalue weighted by Crippen LogP contribution is -2.25. The second-order valence-electron chi connectivity index (χ2n) is 3.80. The van der Waals surface area contributed by atoms with Gasteiger partial charge in [0.1, 0.15) is 5.75 Å². The number of hydrogen-bond donors (Lipinski definition) is 1. The van der Waals surface area contributed by atoms with E-state index in [9.17, 15) is 14.4 Å². The number of ether oxygens (including phenoxy) is 1. The van der Waals surface area contributed by atoms with Gasteiger partial charge in [-0.2, -0.15) is 0 Å². The zero-order valence-corrected chi connectivity index (χ0v) is 11.2. The SMILES string of the molecule is CC(=O)Oc1ccccc1C(=O)NCCCC(=O)Cl. The van der Waals surface area contributed by atoms with Crippen LogP contribution in [-0.2, 0) is 9.59 Å². The summed E-state index contributed by atoms with van der Waals surface area (Å²) in [6.45, 7) is 1.59. The Kier molecular flexibility index (Phi) is 6.02. The van der Waals surface area contributed by atoms with Crippen LogP contribution < -0.4 is 10.1 Å². The lowest BCUT2D eigenvalue weighted by atomic mass is 10.2. The van der Waals surface area contributed by atoms with Gasteiger partial charge in [0.05, 0.1) is 5.56 Å². The van der Waals surface area contributed by atoms with E-state index >= 15 is 0 Å². The average molecular weight is 284 g/mol. The molecule has 1 aromatic carbocycles. The van der Waals surface area contributed by atoms with Crippen molar-refractivity contribution in [1.82, 2.24) is 5.32 Å². The molecule has 6 heteroatoms. The molecule has 19 heavy (non-hydrogen) atoms. The molecule has 1 aromatic rings. The number of halogens is 1. The van der Waals surface area contributed by atoms with Crippen molar-refractivity contribution in [1.29, 1.82) is 0 Å². The zero-order valence-electron chi connectivity index (χ0n) is 10.4. The van der Waals surface area contributed by atoms with E-state index in [4.69, 9.17) is 16.3 Å². The number of rotatable bonds is 6. The molecule has 0 saturated carbocycles. The van der Waals surface area contributed by atoms with E-state index in [0.717, 1.165) is 0 Å². The average Bonchev–Trinajstić information content (AvgIpc) is 2.34. The fraction of sp³-hybridized carbons (Fsp3) is 0.308. The molecule has 0 radical (unpaired) electrons. The van der Waals surface area contributed by atoms with E-state index < -0.39 is 11.2 Å². The minimum absolute atomic E-state index is 0.202. The van der Waals surface area contributed by atoms with E-state index in [1.807, 2.05) is 0 Å². The van der Waals surface area contributed by atoms with Crippen molar-refractivity contribution in [2.24, 2.45) is 0 Å². The highest BCUT2D eigenvalue weighted by Gasteiger charge is 2.12. The second-order valence-corrected chi connectivity index (χ2v) is 4.23. The highest BCUT2D eigenvalue weighted by molar-refractivity contribution is 6.63. The van der Waals surface area contributed by atoms with Crippen LogP contribution in [0.4, 0.5) is 0 Å². The molecule has 0 fully saturated rings. The summed E-state index contributed by atoms with van der Waals surface area (Å²) < 4.78 is 4.94. The fourth-order valence-electron chi connectivity index (χ4n) is 1.42. The van der Waals surface area contributed by atoms with Crippen molar-refractivity contribution in [2.75, 3.05) is 6.54 Å². The van der Waals surface area contributed by atoms with Gasteiger partial charge >= 0.3 is 5.97 Å². The number of hydrogen-bond acceptors (Lipinski definition) is 4. The van der Waals surface area contributed by atoms with E-state index in [0.29, 0.717) is 13.0 Å². The molecule has 0 spiro atoms. The van der Waals surface area contributed by atoms with E-state index in [2.05, 4.69) is 5.32 Å². The molecule has 0 saturated heterocycles. The Bertz CT molecular complexity index is 487. The van der Waals surface area contributed by atoms with Crippen LogP contribution in [0.2, 0.25) is 0 Å². The van der Waals surface area contributed by atoms with Crippen molar-refractivity contribution in [3.8, 4) is 5.75 Å². The molecular weight excluding hydrogens is 270 g/mol. The minimum atomic E-state index is -0.493. The zero-order chi connectivity index (χ0) is 14.3. The van der Waals surface area contributed by atoms with Crippen molar-refractivity contribution in [3.05, 3.63) is 29.8 Å². The Labute approximate surface area is 115 Å². The van der Waals surface area contributed by atoms with Gasteiger partial charge in [-0.05, 0) is 30.2 Å². The Hall–Kier alpha value is -1.88. The van der Waals surface area contributed by atoms with Gasteiger partial charge in [-0.1, -0.05) is 12.1 Å². The molecule has 1 rings (SSSR count). The normalized spacial score (nSPS) is 9.79. The number of amides is 1. The monoisotopic (exact) mass is 283 g/mol. The van der Waals surface area contributed by atoms with E-state index in [1.165, 1.54) is 6.92 Å². The third-order valence-electron chi connectivity index (χ3n) is 2.22. The molecule has 0 heterocycles. The molecule has 0 bridgehead atoms. The van der Waals surface area contributed by atoms with Gasteiger partial charge in [0.15, 0.2) is 0 Å². The maximum Gasteiger partial charge on any atom is 0.308 e. The summed E-state index contributed by atoms with van der Waals surface area (Å²) in [5.41, 5.74) is 0.273. The third kappa shape index (κ3) is 5.52. The molecule has 0 aliphatic heterocycles. The van der Waals surface area contributed by atoms with Crippen LogP contribution in [0.5, 0.6) is 5.75 Å². The summed E-state index contributed by atoms with van der Waals surface area (Å²) in [7, 11) is 0. The van der Waals surface area contributed by atoms with Gasteiger partial charge in [-0.15, -0.1) is 0 Å². The Morgan fingerprint density at radius 1 is 1.26 bits per heavy atom. The molecule has 0 aliphatic rings. The molecule has 0 aromatic heterocycles. The van der Waals surface area contributed by atoms with Crippen LogP contribution in [0, 0.1) is 0 Å². The Morgan fingerprint density at radius 3 is 2.58 bits per heavy atom. The molecule has 5 nitrogen and oxygen atoms in total. The minimum Gasteiger partial charge on any atom is -0.426 e. The fourth-order valence-corrected chi connectivity index (χ4v) is 1.56. The summed E-state index contributed by atoms with van der Waals surface area (Å²) >= 11 is 5.18. The van der Waals surface area contributed by atoms with Gasteiger partial charge in [0.25, 0.3) is 5.91 Å². The smallest absolute Gasteiger partial charge is 0.308 e. The number of carbonyl (C=O) groups excluding carboxylic acids is 3. The molecule has 1 N–H and O–H groups in total. The van der Waals surface area contributed by atoms with Crippen LogP contribution in [0.15, 0.2) is 24.3 Å². The van der Waals surface area contributed by atoms with Crippen molar-refractivity contribution < 1.29 is 19.1 Å². The second kappa shape index (κ2) is 7.53. The Morgan fingerprint density at radius 2 is 1.95 bits per heavy atom. The summed E-state index contributed by atoms with van der Waals surface area (Å²) in [5, 5.41) is 2.19. The summed E-state index contributed by atoms with van der Waals surface area (Å²) in [6, 6.07) is 6.43. The van der Waals surface area contributed by atoms with Crippen LogP contribution in [0.25, 0.3) is 0 Å². The first-order valence-electron chi connectivity index (χ1n) is 5.74. The predicted octanol–water partition coefficient (Wildman–Crippen LogP) is 1.89. The summed E-state index contributed by atoms with van der Waals surface area (Å²) in [4.78, 5) is 33.3. The van der Waals surface area contributed by atoms with Crippen molar-refractivity contribution in [2.45, 2.75) is 19.8 Å². The van der Waals surface area contributed by atoms with E-state index in [-0.39, 0.29) is 23.6 Å². The number of carbonyl (C=O) groups is 3. The van der Waals surface area contributed by atoms with Gasteiger partial charge in [-0.3, -0.25) is 14.4 Å². The van der Waals surface area contributed by atoms with Crippen LogP contribution in [0.3, 0.4) is 0 Å². The molecule has 1 amide bonds. The molecular formula is C13H14ClNO4. The Balaban J connectivity index is 2.61. The number of nitrogens with one attached hydrogen (secondary N) is 1. The first kappa shape index (κ1) is 15.2. The summed E-state index contributed by atoms with van der Waals surface area (Å²) in [6.07, 6.45) is 0.664. The van der Waals surface area contributed by atoms with Crippen molar-refractivity contribution >= 4 is 28.7 Å². The quantitative estimate of drug-likeness (QED) is 0.374. The first-order chi connectivity index (χ1) is 9.00. The highest BCUT2D eigenvalue weighted by Crippen LogP contribution is 2.17. The standard InChI is InChI=1S/C13H14ClNO4/c1-9(16)19-11-6-3-2-5-10(11)13(18)15-8-4-7-12(14)17/h2-3,5-6H,4,7-8H2,1H3,(H,15,18). The lowest BCUT2D eigenvalue weighted by molar-refractivity contribution is -0.131. The number of esters is 1. The van der Waals surface area contributed by atoms with Crippen LogP contribution in [0.1, 0.15) is 30.1 Å². The van der Waals surface area contributed by atoms with Gasteiger partial charge in [0, 0.05) is 19.9 Å². The van der Waals surface area contributed by atoms with E-state index in [1.54, 1.807) is 24.3 Å². The topological polar surface area (TPSA) is 72.5 Å². The van der Waals surface area contributed by atoms with Crippen LogP contribution >= 0.6 is 11.6 Å². The number of benzene rings is 1. The molecule has 0 unspecified atom stereocenters. The predicted molar refractivity (Wildman–Crippen MR) is 70.2 cm³/mol. The molecule has 102 valence electrons. The maximum atomic E-state index is 11.9. The van der Waals surface area contributed by atoms with Crippen molar-refractivity contribution in [3.63, 3.8) is 0 Å². The molecule has 0 atom stereocenters. The van der Waals surface area contributed by atoms with Gasteiger partial charge in [0.2, 0.25) is 5.24 Å².